The van der Waals surface area contributed by atoms with Gasteiger partial charge >= 0.3 is 0 Å². The van der Waals surface area contributed by atoms with Gasteiger partial charge in [-0.05, 0) is 37.5 Å². The normalized spacial score (nSPS) is 18.2. The molecule has 1 atom stereocenters. The number of benzene rings is 1. The summed E-state index contributed by atoms with van der Waals surface area (Å²) in [5.74, 6) is -0.865. The van der Waals surface area contributed by atoms with E-state index in [1.54, 1.807) is 6.92 Å². The third-order valence-corrected chi connectivity index (χ3v) is 4.31. The van der Waals surface area contributed by atoms with Gasteiger partial charge in [-0.25, -0.2) is 4.39 Å². The predicted octanol–water partition coefficient (Wildman–Crippen LogP) is 3.24. The molecule has 0 saturated carbocycles. The van der Waals surface area contributed by atoms with E-state index in [2.05, 4.69) is 5.32 Å². The maximum atomic E-state index is 13.5. The Labute approximate surface area is 144 Å². The van der Waals surface area contributed by atoms with Crippen LogP contribution < -0.4 is 11.1 Å². The van der Waals surface area contributed by atoms with Crippen LogP contribution in [0.25, 0.3) is 0 Å². The van der Waals surface area contributed by atoms with Crippen molar-refractivity contribution in [3.8, 4) is 0 Å². The van der Waals surface area contributed by atoms with Crippen molar-refractivity contribution in [2.24, 2.45) is 5.73 Å². The van der Waals surface area contributed by atoms with Crippen LogP contribution in [0.5, 0.6) is 0 Å². The summed E-state index contributed by atoms with van der Waals surface area (Å²) in [6.07, 6.45) is 0.905. The quantitative estimate of drug-likeness (QED) is 0.802. The Balaban J connectivity index is 0.00000242. The SMILES string of the molecule is CC(NC(=O)C1(N)CCOCC1)c1cc(F)c(Cl)cc1Cl.Cl. The van der Waals surface area contributed by atoms with Gasteiger partial charge in [0.15, 0.2) is 0 Å². The minimum absolute atomic E-state index is 0. The molecule has 0 bridgehead atoms. The zero-order valence-electron chi connectivity index (χ0n) is 12.0. The van der Waals surface area contributed by atoms with E-state index >= 15 is 0 Å². The lowest BCUT2D eigenvalue weighted by Crippen LogP contribution is -2.57. The molecule has 1 heterocycles. The van der Waals surface area contributed by atoms with Crippen LogP contribution in [0.15, 0.2) is 12.1 Å². The zero-order valence-corrected chi connectivity index (χ0v) is 14.3. The topological polar surface area (TPSA) is 64.4 Å². The van der Waals surface area contributed by atoms with Gasteiger partial charge in [0.25, 0.3) is 0 Å². The standard InChI is InChI=1S/C14H17Cl2FN2O2.ClH/c1-8(9-6-12(17)11(16)7-10(9)15)19-13(20)14(18)2-4-21-5-3-14;/h6-8H,2-5,18H2,1H3,(H,19,20);1H. The molecule has 0 aromatic heterocycles. The molecule has 0 radical (unpaired) electrons. The number of hydrogen-bond acceptors (Lipinski definition) is 3. The molecule has 2 rings (SSSR count). The average Bonchev–Trinajstić information content (AvgIpc) is 2.43. The Morgan fingerprint density at radius 2 is 1.95 bits per heavy atom. The van der Waals surface area contributed by atoms with Gasteiger partial charge in [0.1, 0.15) is 5.82 Å². The predicted molar refractivity (Wildman–Crippen MR) is 87.2 cm³/mol. The van der Waals surface area contributed by atoms with Crippen molar-refractivity contribution in [2.45, 2.75) is 31.3 Å². The largest absolute Gasteiger partial charge is 0.381 e. The number of amides is 1. The third-order valence-electron chi connectivity index (χ3n) is 3.69. The van der Waals surface area contributed by atoms with E-state index in [0.717, 1.165) is 0 Å². The molecule has 1 aromatic rings. The monoisotopic (exact) mass is 370 g/mol. The van der Waals surface area contributed by atoms with Crippen LogP contribution in [-0.4, -0.2) is 24.7 Å². The first-order valence-corrected chi connectivity index (χ1v) is 7.41. The number of hydrogen-bond donors (Lipinski definition) is 2. The van der Waals surface area contributed by atoms with E-state index in [1.807, 2.05) is 0 Å². The van der Waals surface area contributed by atoms with Crippen LogP contribution in [0.4, 0.5) is 4.39 Å². The van der Waals surface area contributed by atoms with E-state index in [0.29, 0.717) is 36.6 Å². The Kier molecular flexibility index (Phi) is 6.89. The van der Waals surface area contributed by atoms with Crippen molar-refractivity contribution < 1.29 is 13.9 Å². The van der Waals surface area contributed by atoms with Crippen LogP contribution in [0.3, 0.4) is 0 Å². The molecule has 1 saturated heterocycles. The molecule has 22 heavy (non-hydrogen) atoms. The fourth-order valence-electron chi connectivity index (χ4n) is 2.25. The van der Waals surface area contributed by atoms with Gasteiger partial charge in [-0.2, -0.15) is 0 Å². The second kappa shape index (κ2) is 7.79. The summed E-state index contributed by atoms with van der Waals surface area (Å²) in [6, 6.07) is 2.08. The Morgan fingerprint density at radius 3 is 2.55 bits per heavy atom. The highest BCUT2D eigenvalue weighted by Crippen LogP contribution is 2.29. The minimum atomic E-state index is -0.954. The van der Waals surface area contributed by atoms with Gasteiger partial charge in [-0.1, -0.05) is 23.2 Å². The van der Waals surface area contributed by atoms with E-state index in [-0.39, 0.29) is 23.3 Å². The minimum Gasteiger partial charge on any atom is -0.381 e. The summed E-state index contributed by atoms with van der Waals surface area (Å²) in [7, 11) is 0. The first-order chi connectivity index (χ1) is 9.83. The average molecular weight is 372 g/mol. The van der Waals surface area contributed by atoms with Crippen molar-refractivity contribution in [2.75, 3.05) is 13.2 Å². The molecule has 3 N–H and O–H groups in total. The van der Waals surface area contributed by atoms with E-state index in [4.69, 9.17) is 33.7 Å². The van der Waals surface area contributed by atoms with Crippen LogP contribution in [0.1, 0.15) is 31.4 Å². The van der Waals surface area contributed by atoms with Crippen molar-refractivity contribution in [1.82, 2.24) is 5.32 Å². The van der Waals surface area contributed by atoms with Crippen LogP contribution in [-0.2, 0) is 9.53 Å². The number of carbonyl (C=O) groups is 1. The molecule has 1 aromatic carbocycles. The van der Waals surface area contributed by atoms with E-state index in [9.17, 15) is 9.18 Å². The second-order valence-electron chi connectivity index (χ2n) is 5.25. The van der Waals surface area contributed by atoms with Crippen LogP contribution >= 0.6 is 35.6 Å². The van der Waals surface area contributed by atoms with E-state index < -0.39 is 17.4 Å². The molecule has 8 heteroatoms. The summed E-state index contributed by atoms with van der Waals surface area (Å²) in [5, 5.41) is 3.02. The molecular formula is C14H18Cl3FN2O2. The van der Waals surface area contributed by atoms with Gasteiger partial charge in [0.2, 0.25) is 5.91 Å². The first-order valence-electron chi connectivity index (χ1n) is 6.65. The molecule has 0 spiro atoms. The molecule has 1 unspecified atom stereocenters. The number of halogens is 4. The highest BCUT2D eigenvalue weighted by molar-refractivity contribution is 6.35. The van der Waals surface area contributed by atoms with Crippen molar-refractivity contribution in [1.29, 1.82) is 0 Å². The number of ether oxygens (including phenoxy) is 1. The molecule has 4 nitrogen and oxygen atoms in total. The van der Waals surface area contributed by atoms with Crippen LogP contribution in [0.2, 0.25) is 10.0 Å². The van der Waals surface area contributed by atoms with Gasteiger partial charge < -0.3 is 15.8 Å². The third kappa shape index (κ3) is 4.24. The smallest absolute Gasteiger partial charge is 0.240 e. The molecule has 1 aliphatic heterocycles. The van der Waals surface area contributed by atoms with Gasteiger partial charge in [0.05, 0.1) is 16.6 Å². The number of rotatable bonds is 3. The molecule has 0 aliphatic carbocycles. The summed E-state index contributed by atoms with van der Waals surface area (Å²) in [4.78, 5) is 12.3. The maximum absolute atomic E-state index is 13.5. The lowest BCUT2D eigenvalue weighted by molar-refractivity contribution is -0.130. The summed E-state index contributed by atoms with van der Waals surface area (Å²) in [5.41, 5.74) is 5.61. The molecular weight excluding hydrogens is 354 g/mol. The van der Waals surface area contributed by atoms with Gasteiger partial charge in [-0.3, -0.25) is 4.79 Å². The molecule has 1 amide bonds. The maximum Gasteiger partial charge on any atom is 0.240 e. The fourth-order valence-corrected chi connectivity index (χ4v) is 2.80. The van der Waals surface area contributed by atoms with Crippen LogP contribution in [0, 0.1) is 5.82 Å². The summed E-state index contributed by atoms with van der Waals surface area (Å²) in [6.45, 7) is 2.62. The Morgan fingerprint density at radius 1 is 1.36 bits per heavy atom. The summed E-state index contributed by atoms with van der Waals surface area (Å²) >= 11 is 11.7. The number of nitrogens with one attached hydrogen (secondary N) is 1. The van der Waals surface area contributed by atoms with Crippen molar-refractivity contribution in [3.63, 3.8) is 0 Å². The zero-order chi connectivity index (χ0) is 15.6. The molecule has 1 aliphatic rings. The van der Waals surface area contributed by atoms with Crippen molar-refractivity contribution >= 4 is 41.5 Å². The molecule has 124 valence electrons. The fraction of sp³-hybridized carbons (Fsp3) is 0.500. The highest BCUT2D eigenvalue weighted by Gasteiger charge is 2.36. The summed E-state index contributed by atoms with van der Waals surface area (Å²) < 4.78 is 18.7. The highest BCUT2D eigenvalue weighted by atomic mass is 35.5. The van der Waals surface area contributed by atoms with Gasteiger partial charge in [0, 0.05) is 18.2 Å². The number of carbonyl (C=O) groups excluding carboxylic acids is 1. The lowest BCUT2D eigenvalue weighted by atomic mass is 9.90. The molecule has 1 fully saturated rings. The number of nitrogens with two attached hydrogens (primary N) is 1. The first kappa shape index (κ1) is 19.5. The Bertz CT molecular complexity index is 551. The van der Waals surface area contributed by atoms with Gasteiger partial charge in [-0.15, -0.1) is 12.4 Å². The lowest BCUT2D eigenvalue weighted by Gasteiger charge is -2.33. The van der Waals surface area contributed by atoms with E-state index in [1.165, 1.54) is 12.1 Å². The Hall–Kier alpha value is -0.590. The van der Waals surface area contributed by atoms with Crippen molar-refractivity contribution in [3.05, 3.63) is 33.6 Å². The second-order valence-corrected chi connectivity index (χ2v) is 6.07.